The van der Waals surface area contributed by atoms with Gasteiger partial charge < -0.3 is 5.73 Å². The van der Waals surface area contributed by atoms with Crippen LogP contribution in [0.15, 0.2) is 18.5 Å². The van der Waals surface area contributed by atoms with Crippen LogP contribution in [-0.4, -0.2) is 14.6 Å². The van der Waals surface area contributed by atoms with Crippen LogP contribution in [0.25, 0.3) is 5.52 Å². The number of rotatable bonds is 1. The molecule has 4 nitrogen and oxygen atoms in total. The summed E-state index contributed by atoms with van der Waals surface area (Å²) in [6.45, 7) is 6.33. The summed E-state index contributed by atoms with van der Waals surface area (Å²) in [4.78, 5) is 3.87. The molecule has 0 bridgehead atoms. The molecule has 4 heteroatoms. The topological polar surface area (TPSA) is 56.2 Å². The number of nitrogens with zero attached hydrogens (tertiary/aromatic N) is 3. The highest BCUT2D eigenvalue weighted by atomic mass is 15.2. The molecule has 82 valence electrons. The Kier molecular flexibility index (Phi) is 4.09. The van der Waals surface area contributed by atoms with Crippen molar-refractivity contribution in [2.24, 2.45) is 0 Å². The second-order valence-electron chi connectivity index (χ2n) is 3.42. The highest BCUT2D eigenvalue weighted by molar-refractivity contribution is 5.65. The van der Waals surface area contributed by atoms with Gasteiger partial charge in [-0.05, 0) is 19.1 Å². The minimum absolute atomic E-state index is 0.521. The highest BCUT2D eigenvalue weighted by Gasteiger charge is 2.00. The summed E-state index contributed by atoms with van der Waals surface area (Å²) in [5.41, 5.74) is 7.53. The van der Waals surface area contributed by atoms with Crippen molar-refractivity contribution in [3.8, 4) is 0 Å². The van der Waals surface area contributed by atoms with Crippen molar-refractivity contribution in [1.29, 1.82) is 0 Å². The summed E-state index contributed by atoms with van der Waals surface area (Å²) in [7, 11) is 0. The van der Waals surface area contributed by atoms with E-state index < -0.39 is 0 Å². The van der Waals surface area contributed by atoms with Gasteiger partial charge in [0.05, 0.1) is 0 Å². The lowest BCUT2D eigenvalue weighted by Gasteiger charge is -1.96. The van der Waals surface area contributed by atoms with Crippen molar-refractivity contribution in [2.75, 3.05) is 5.73 Å². The molecule has 0 fully saturated rings. The summed E-state index contributed by atoms with van der Waals surface area (Å²) < 4.78 is 1.77. The number of unbranched alkanes of at least 4 members (excludes halogenated alkanes) is 1. The first kappa shape index (κ1) is 11.5. The molecule has 0 spiro atoms. The van der Waals surface area contributed by atoms with Crippen molar-refractivity contribution in [2.45, 2.75) is 33.6 Å². The van der Waals surface area contributed by atoms with Crippen LogP contribution in [-0.2, 0) is 0 Å². The number of aromatic nitrogens is 3. The molecule has 0 aliphatic rings. The van der Waals surface area contributed by atoms with Gasteiger partial charge in [-0.2, -0.15) is 5.10 Å². The first-order valence-corrected chi connectivity index (χ1v) is 5.25. The lowest BCUT2D eigenvalue weighted by atomic mass is 10.4. The van der Waals surface area contributed by atoms with E-state index in [0.29, 0.717) is 5.82 Å². The number of anilines is 1. The van der Waals surface area contributed by atoms with Gasteiger partial charge in [0.2, 0.25) is 0 Å². The van der Waals surface area contributed by atoms with Crippen molar-refractivity contribution >= 4 is 11.3 Å². The fraction of sp³-hybridized carbons (Fsp3) is 0.455. The van der Waals surface area contributed by atoms with Gasteiger partial charge in [0, 0.05) is 5.69 Å². The fourth-order valence-corrected chi connectivity index (χ4v) is 1.08. The van der Waals surface area contributed by atoms with E-state index in [-0.39, 0.29) is 0 Å². The minimum atomic E-state index is 0.521. The Balaban J connectivity index is 0.000000245. The second-order valence-corrected chi connectivity index (χ2v) is 3.42. The van der Waals surface area contributed by atoms with E-state index >= 15 is 0 Å². The Labute approximate surface area is 90.1 Å². The molecular formula is C11H18N4. The normalized spacial score (nSPS) is 9.80. The summed E-state index contributed by atoms with van der Waals surface area (Å²) in [6, 6.07) is 3.87. The van der Waals surface area contributed by atoms with Crippen LogP contribution >= 0.6 is 0 Å². The monoisotopic (exact) mass is 206 g/mol. The quantitative estimate of drug-likeness (QED) is 0.779. The number of nitrogens with two attached hydrogens (primary N) is 1. The molecule has 15 heavy (non-hydrogen) atoms. The van der Waals surface area contributed by atoms with Crippen LogP contribution in [0.3, 0.4) is 0 Å². The number of hydrogen-bond acceptors (Lipinski definition) is 3. The maximum Gasteiger partial charge on any atom is 0.151 e. The summed E-state index contributed by atoms with van der Waals surface area (Å²) in [5, 5.41) is 4.03. The third-order valence-corrected chi connectivity index (χ3v) is 2.17. The number of nitrogen functional groups attached to an aromatic ring is 1. The smallest absolute Gasteiger partial charge is 0.151 e. The zero-order valence-corrected chi connectivity index (χ0v) is 9.57. The second kappa shape index (κ2) is 5.34. The number of hydrogen-bond donors (Lipinski definition) is 1. The van der Waals surface area contributed by atoms with Gasteiger partial charge in [-0.3, -0.25) is 0 Å². The van der Waals surface area contributed by atoms with Crippen LogP contribution in [0.5, 0.6) is 0 Å². The lowest BCUT2D eigenvalue weighted by Crippen LogP contribution is -1.99. The van der Waals surface area contributed by atoms with Gasteiger partial charge in [0.25, 0.3) is 0 Å². The third kappa shape index (κ3) is 2.68. The Morgan fingerprint density at radius 1 is 1.27 bits per heavy atom. The maximum absolute atomic E-state index is 5.60. The summed E-state index contributed by atoms with van der Waals surface area (Å²) in [5.74, 6) is 0.521. The van der Waals surface area contributed by atoms with Crippen molar-refractivity contribution in [3.05, 3.63) is 24.2 Å². The van der Waals surface area contributed by atoms with E-state index in [1.54, 1.807) is 4.52 Å². The van der Waals surface area contributed by atoms with Gasteiger partial charge in [-0.1, -0.05) is 26.7 Å². The SMILES string of the molecule is CCCC.Cc1ccc2c(N)ncnn12. The van der Waals surface area contributed by atoms with E-state index in [1.807, 2.05) is 19.1 Å². The largest absolute Gasteiger partial charge is 0.382 e. The van der Waals surface area contributed by atoms with Crippen LogP contribution in [0.2, 0.25) is 0 Å². The summed E-state index contributed by atoms with van der Waals surface area (Å²) >= 11 is 0. The average Bonchev–Trinajstić information content (AvgIpc) is 2.63. The Bertz CT molecular complexity index is 417. The predicted octanol–water partition coefficient (Wildman–Crippen LogP) is 2.43. The zero-order valence-electron chi connectivity index (χ0n) is 9.57. The first-order valence-electron chi connectivity index (χ1n) is 5.25. The van der Waals surface area contributed by atoms with Crippen LogP contribution < -0.4 is 5.73 Å². The first-order chi connectivity index (χ1) is 7.20. The van der Waals surface area contributed by atoms with Crippen LogP contribution in [0, 0.1) is 6.92 Å². The molecule has 2 aromatic heterocycles. The van der Waals surface area contributed by atoms with E-state index in [2.05, 4.69) is 23.9 Å². The Hall–Kier alpha value is -1.58. The molecular weight excluding hydrogens is 188 g/mol. The van der Waals surface area contributed by atoms with Crippen molar-refractivity contribution in [3.63, 3.8) is 0 Å². The van der Waals surface area contributed by atoms with Gasteiger partial charge in [-0.15, -0.1) is 0 Å². The molecule has 0 aromatic carbocycles. The molecule has 0 aliphatic heterocycles. The molecule has 0 saturated heterocycles. The van der Waals surface area contributed by atoms with E-state index in [4.69, 9.17) is 5.73 Å². The predicted molar refractivity (Wildman–Crippen MR) is 62.7 cm³/mol. The molecule has 0 unspecified atom stereocenters. The molecule has 2 aromatic rings. The van der Waals surface area contributed by atoms with Gasteiger partial charge >= 0.3 is 0 Å². The molecule has 2 heterocycles. The van der Waals surface area contributed by atoms with E-state index in [1.165, 1.54) is 19.2 Å². The van der Waals surface area contributed by atoms with Crippen molar-refractivity contribution < 1.29 is 0 Å². The molecule has 2 N–H and O–H groups in total. The van der Waals surface area contributed by atoms with Crippen LogP contribution in [0.1, 0.15) is 32.4 Å². The summed E-state index contributed by atoms with van der Waals surface area (Å²) in [6.07, 6.45) is 4.09. The van der Waals surface area contributed by atoms with Gasteiger partial charge in [0.15, 0.2) is 5.82 Å². The van der Waals surface area contributed by atoms with E-state index in [9.17, 15) is 0 Å². The van der Waals surface area contributed by atoms with Crippen LogP contribution in [0.4, 0.5) is 5.82 Å². The number of fused-ring (bicyclic) bond motifs is 1. The van der Waals surface area contributed by atoms with E-state index in [0.717, 1.165) is 11.2 Å². The standard InChI is InChI=1S/C7H8N4.C4H10/c1-5-2-3-6-7(8)9-4-10-11(5)6;1-3-4-2/h2-4H,1H3,(H2,8,9,10);3-4H2,1-2H3. The minimum Gasteiger partial charge on any atom is -0.382 e. The molecule has 0 saturated carbocycles. The zero-order chi connectivity index (χ0) is 11.3. The Morgan fingerprint density at radius 2 is 1.93 bits per heavy atom. The number of aryl methyl sites for hydroxylation is 1. The van der Waals surface area contributed by atoms with Gasteiger partial charge in [0.1, 0.15) is 11.8 Å². The average molecular weight is 206 g/mol. The van der Waals surface area contributed by atoms with Crippen molar-refractivity contribution in [1.82, 2.24) is 14.6 Å². The molecule has 0 aliphatic carbocycles. The lowest BCUT2D eigenvalue weighted by molar-refractivity contribution is 0.875. The third-order valence-electron chi connectivity index (χ3n) is 2.17. The maximum atomic E-state index is 5.60. The Morgan fingerprint density at radius 3 is 2.47 bits per heavy atom. The highest BCUT2D eigenvalue weighted by Crippen LogP contribution is 2.11. The molecule has 0 amide bonds. The molecule has 0 radical (unpaired) electrons. The fourth-order valence-electron chi connectivity index (χ4n) is 1.08. The molecule has 0 atom stereocenters. The molecule has 2 rings (SSSR count). The van der Waals surface area contributed by atoms with Gasteiger partial charge in [-0.25, -0.2) is 9.50 Å².